The molecule has 0 bridgehead atoms. The SMILES string of the molecule is COc1cc(CCC2(N)CC2)ccc1C(C)C. The first kappa shape index (κ1) is 12.4. The van der Waals surface area contributed by atoms with Gasteiger partial charge in [0, 0.05) is 5.54 Å². The molecule has 0 heterocycles. The van der Waals surface area contributed by atoms with Gasteiger partial charge in [-0.2, -0.15) is 0 Å². The lowest BCUT2D eigenvalue weighted by atomic mass is 9.97. The second kappa shape index (κ2) is 4.69. The molecule has 2 heteroatoms. The van der Waals surface area contributed by atoms with E-state index in [9.17, 15) is 0 Å². The van der Waals surface area contributed by atoms with Gasteiger partial charge < -0.3 is 10.5 Å². The maximum absolute atomic E-state index is 6.11. The highest BCUT2D eigenvalue weighted by Crippen LogP contribution is 2.37. The van der Waals surface area contributed by atoms with Crippen LogP contribution >= 0.6 is 0 Å². The van der Waals surface area contributed by atoms with E-state index < -0.39 is 0 Å². The monoisotopic (exact) mass is 233 g/mol. The van der Waals surface area contributed by atoms with E-state index >= 15 is 0 Å². The minimum Gasteiger partial charge on any atom is -0.496 e. The van der Waals surface area contributed by atoms with Crippen LogP contribution in [0.3, 0.4) is 0 Å². The van der Waals surface area contributed by atoms with Gasteiger partial charge >= 0.3 is 0 Å². The minimum atomic E-state index is 0.143. The van der Waals surface area contributed by atoms with Crippen LogP contribution in [0.5, 0.6) is 5.75 Å². The molecular formula is C15H23NO. The van der Waals surface area contributed by atoms with E-state index in [2.05, 4.69) is 32.0 Å². The zero-order valence-corrected chi connectivity index (χ0v) is 11.1. The first-order valence-electron chi connectivity index (χ1n) is 6.50. The lowest BCUT2D eigenvalue weighted by molar-refractivity contribution is 0.407. The van der Waals surface area contributed by atoms with Crippen molar-refractivity contribution in [2.75, 3.05) is 7.11 Å². The Hall–Kier alpha value is -1.02. The summed E-state index contributed by atoms with van der Waals surface area (Å²) in [5.74, 6) is 1.52. The number of ether oxygens (including phenoxy) is 1. The Morgan fingerprint density at radius 1 is 1.35 bits per heavy atom. The molecule has 0 spiro atoms. The van der Waals surface area contributed by atoms with E-state index in [0.29, 0.717) is 5.92 Å². The van der Waals surface area contributed by atoms with Crippen molar-refractivity contribution in [2.24, 2.45) is 5.73 Å². The van der Waals surface area contributed by atoms with Crippen LogP contribution in [0, 0.1) is 0 Å². The quantitative estimate of drug-likeness (QED) is 0.847. The first-order valence-corrected chi connectivity index (χ1v) is 6.50. The van der Waals surface area contributed by atoms with Crippen LogP contribution in [0.1, 0.15) is 50.2 Å². The summed E-state index contributed by atoms with van der Waals surface area (Å²) >= 11 is 0. The molecule has 0 saturated heterocycles. The van der Waals surface area contributed by atoms with Crippen LogP contribution in [-0.4, -0.2) is 12.6 Å². The molecule has 2 nitrogen and oxygen atoms in total. The number of aryl methyl sites for hydroxylation is 1. The molecule has 2 N–H and O–H groups in total. The fourth-order valence-corrected chi connectivity index (χ4v) is 2.19. The Morgan fingerprint density at radius 2 is 2.06 bits per heavy atom. The number of hydrogen-bond acceptors (Lipinski definition) is 2. The van der Waals surface area contributed by atoms with Crippen LogP contribution in [0.2, 0.25) is 0 Å². The maximum Gasteiger partial charge on any atom is 0.122 e. The van der Waals surface area contributed by atoms with Crippen molar-refractivity contribution in [3.63, 3.8) is 0 Å². The number of nitrogens with two attached hydrogens (primary N) is 1. The van der Waals surface area contributed by atoms with Crippen molar-refractivity contribution >= 4 is 0 Å². The molecule has 1 aliphatic carbocycles. The first-order chi connectivity index (χ1) is 8.04. The Morgan fingerprint density at radius 3 is 2.59 bits per heavy atom. The molecule has 0 aliphatic heterocycles. The summed E-state index contributed by atoms with van der Waals surface area (Å²) in [6.07, 6.45) is 4.53. The predicted molar refractivity (Wildman–Crippen MR) is 71.6 cm³/mol. The van der Waals surface area contributed by atoms with Gasteiger partial charge in [0.05, 0.1) is 7.11 Å². The average molecular weight is 233 g/mol. The lowest BCUT2D eigenvalue weighted by Crippen LogP contribution is -2.22. The smallest absolute Gasteiger partial charge is 0.122 e. The largest absolute Gasteiger partial charge is 0.496 e. The van der Waals surface area contributed by atoms with Gasteiger partial charge in [-0.25, -0.2) is 0 Å². The third kappa shape index (κ3) is 3.01. The Kier molecular flexibility index (Phi) is 3.43. The molecule has 0 aromatic heterocycles. The van der Waals surface area contributed by atoms with Gasteiger partial charge in [-0.1, -0.05) is 26.0 Å². The van der Waals surface area contributed by atoms with Crippen molar-refractivity contribution in [1.29, 1.82) is 0 Å². The Balaban J connectivity index is 2.08. The lowest BCUT2D eigenvalue weighted by Gasteiger charge is -2.14. The molecule has 1 fully saturated rings. The van der Waals surface area contributed by atoms with Crippen molar-refractivity contribution in [2.45, 2.75) is 51.0 Å². The van der Waals surface area contributed by atoms with Crippen molar-refractivity contribution in [1.82, 2.24) is 0 Å². The van der Waals surface area contributed by atoms with Crippen molar-refractivity contribution in [3.05, 3.63) is 29.3 Å². The third-order valence-electron chi connectivity index (χ3n) is 3.72. The van der Waals surface area contributed by atoms with Gasteiger partial charge in [0.25, 0.3) is 0 Å². The molecule has 0 radical (unpaired) electrons. The maximum atomic E-state index is 6.11. The standard InChI is InChI=1S/C15H23NO/c1-11(2)13-5-4-12(10-14(13)17-3)6-7-15(16)8-9-15/h4-5,10-11H,6-9,16H2,1-3H3. The van der Waals surface area contributed by atoms with Gasteiger partial charge in [-0.05, 0) is 48.8 Å². The summed E-state index contributed by atoms with van der Waals surface area (Å²) in [4.78, 5) is 0. The van der Waals surface area contributed by atoms with Crippen LogP contribution in [0.4, 0.5) is 0 Å². The fourth-order valence-electron chi connectivity index (χ4n) is 2.19. The van der Waals surface area contributed by atoms with E-state index in [1.165, 1.54) is 24.0 Å². The van der Waals surface area contributed by atoms with E-state index in [0.717, 1.165) is 18.6 Å². The molecular weight excluding hydrogens is 210 g/mol. The normalized spacial score (nSPS) is 17.2. The van der Waals surface area contributed by atoms with Crippen LogP contribution in [0.25, 0.3) is 0 Å². The topological polar surface area (TPSA) is 35.2 Å². The third-order valence-corrected chi connectivity index (χ3v) is 3.72. The molecule has 1 aliphatic rings. The molecule has 1 aromatic carbocycles. The van der Waals surface area contributed by atoms with E-state index in [1.54, 1.807) is 7.11 Å². The number of methoxy groups -OCH3 is 1. The van der Waals surface area contributed by atoms with Gasteiger partial charge in [0.2, 0.25) is 0 Å². The Labute approximate surface area is 104 Å². The zero-order valence-electron chi connectivity index (χ0n) is 11.1. The van der Waals surface area contributed by atoms with E-state index in [4.69, 9.17) is 10.5 Å². The molecule has 2 rings (SSSR count). The van der Waals surface area contributed by atoms with E-state index in [-0.39, 0.29) is 5.54 Å². The summed E-state index contributed by atoms with van der Waals surface area (Å²) in [5.41, 5.74) is 8.87. The van der Waals surface area contributed by atoms with Crippen LogP contribution in [-0.2, 0) is 6.42 Å². The summed E-state index contributed by atoms with van der Waals surface area (Å²) in [6.45, 7) is 4.38. The van der Waals surface area contributed by atoms with Gasteiger partial charge in [-0.15, -0.1) is 0 Å². The number of hydrogen-bond donors (Lipinski definition) is 1. The van der Waals surface area contributed by atoms with Gasteiger partial charge in [0.15, 0.2) is 0 Å². The van der Waals surface area contributed by atoms with Gasteiger partial charge in [-0.3, -0.25) is 0 Å². The van der Waals surface area contributed by atoms with Crippen molar-refractivity contribution < 1.29 is 4.74 Å². The number of benzene rings is 1. The highest BCUT2D eigenvalue weighted by molar-refractivity contribution is 5.39. The summed E-state index contributed by atoms with van der Waals surface area (Å²) < 4.78 is 5.46. The molecule has 1 aromatic rings. The fraction of sp³-hybridized carbons (Fsp3) is 0.600. The van der Waals surface area contributed by atoms with E-state index in [1.807, 2.05) is 0 Å². The second-order valence-corrected chi connectivity index (χ2v) is 5.59. The summed E-state index contributed by atoms with van der Waals surface area (Å²) in [5, 5.41) is 0. The summed E-state index contributed by atoms with van der Waals surface area (Å²) in [7, 11) is 1.75. The molecule has 94 valence electrons. The van der Waals surface area contributed by atoms with Crippen molar-refractivity contribution in [3.8, 4) is 5.75 Å². The predicted octanol–water partition coefficient (Wildman–Crippen LogP) is 3.24. The summed E-state index contributed by atoms with van der Waals surface area (Å²) in [6, 6.07) is 6.57. The highest BCUT2D eigenvalue weighted by Gasteiger charge is 2.37. The Bertz CT molecular complexity index is 394. The molecule has 1 saturated carbocycles. The van der Waals surface area contributed by atoms with Crippen LogP contribution in [0.15, 0.2) is 18.2 Å². The van der Waals surface area contributed by atoms with Crippen LogP contribution < -0.4 is 10.5 Å². The molecule has 17 heavy (non-hydrogen) atoms. The molecule has 0 amide bonds. The average Bonchev–Trinajstić information content (AvgIpc) is 3.04. The number of rotatable bonds is 5. The molecule has 0 unspecified atom stereocenters. The minimum absolute atomic E-state index is 0.143. The highest BCUT2D eigenvalue weighted by atomic mass is 16.5. The van der Waals surface area contributed by atoms with Gasteiger partial charge in [0.1, 0.15) is 5.75 Å². The molecule has 0 atom stereocenters. The second-order valence-electron chi connectivity index (χ2n) is 5.59. The zero-order chi connectivity index (χ0) is 12.5.